The lowest BCUT2D eigenvalue weighted by Crippen LogP contribution is -2.40. The molecule has 0 aromatic heterocycles. The third-order valence-electron chi connectivity index (χ3n) is 4.29. The maximum Gasteiger partial charge on any atom is 0.0991 e. The van der Waals surface area contributed by atoms with Crippen LogP contribution in [0.4, 0.5) is 0 Å². The number of nitrogens with one attached hydrogen (secondary N) is 1. The lowest BCUT2D eigenvalue weighted by atomic mass is 10.1. The molecule has 114 valence electrons. The fourth-order valence-corrected chi connectivity index (χ4v) is 2.77. The van der Waals surface area contributed by atoms with Crippen molar-refractivity contribution in [3.8, 4) is 6.07 Å². The highest BCUT2D eigenvalue weighted by atomic mass is 16.5. The zero-order valence-electron chi connectivity index (χ0n) is 13.0. The average molecular weight is 287 g/mol. The Balaban J connectivity index is 1.69. The Hall–Kier alpha value is -1.41. The van der Waals surface area contributed by atoms with Gasteiger partial charge >= 0.3 is 0 Å². The van der Waals surface area contributed by atoms with Crippen molar-refractivity contribution in [2.75, 3.05) is 33.3 Å². The molecule has 1 aromatic rings. The summed E-state index contributed by atoms with van der Waals surface area (Å²) in [4.78, 5) is 2.49. The molecule has 0 unspecified atom stereocenters. The molecule has 0 radical (unpaired) electrons. The zero-order chi connectivity index (χ0) is 15.1. The summed E-state index contributed by atoms with van der Waals surface area (Å²) < 4.78 is 5.39. The Kier molecular flexibility index (Phi) is 6.19. The number of nitrogens with zero attached hydrogens (tertiary/aromatic N) is 2. The van der Waals surface area contributed by atoms with Crippen molar-refractivity contribution >= 4 is 0 Å². The molecule has 0 aliphatic carbocycles. The smallest absolute Gasteiger partial charge is 0.0991 e. The van der Waals surface area contributed by atoms with Crippen LogP contribution in [-0.2, 0) is 4.74 Å². The zero-order valence-corrected chi connectivity index (χ0v) is 13.0. The number of rotatable bonds is 6. The molecule has 0 saturated carbocycles. The van der Waals surface area contributed by atoms with E-state index in [1.54, 1.807) is 7.11 Å². The third-order valence-corrected chi connectivity index (χ3v) is 4.29. The number of methoxy groups -OCH3 is 1. The SMILES string of the molecule is COC1CCN(CCN[C@@H](C)c2ccc(C#N)cc2)CC1. The number of benzene rings is 1. The van der Waals surface area contributed by atoms with E-state index in [-0.39, 0.29) is 0 Å². The van der Waals surface area contributed by atoms with Crippen LogP contribution in [-0.4, -0.2) is 44.3 Å². The Morgan fingerprint density at radius 1 is 1.33 bits per heavy atom. The van der Waals surface area contributed by atoms with Gasteiger partial charge in [-0.15, -0.1) is 0 Å². The lowest BCUT2D eigenvalue weighted by Gasteiger charge is -2.31. The van der Waals surface area contributed by atoms with Crippen LogP contribution in [0, 0.1) is 11.3 Å². The van der Waals surface area contributed by atoms with Crippen molar-refractivity contribution in [2.45, 2.75) is 31.9 Å². The van der Waals surface area contributed by atoms with Gasteiger partial charge < -0.3 is 15.0 Å². The van der Waals surface area contributed by atoms with E-state index < -0.39 is 0 Å². The summed E-state index contributed by atoms with van der Waals surface area (Å²) in [7, 11) is 1.81. The number of hydrogen-bond donors (Lipinski definition) is 1. The van der Waals surface area contributed by atoms with E-state index in [1.807, 2.05) is 24.3 Å². The number of hydrogen-bond acceptors (Lipinski definition) is 4. The second-order valence-corrected chi connectivity index (χ2v) is 5.69. The van der Waals surface area contributed by atoms with E-state index in [9.17, 15) is 0 Å². The normalized spacial score (nSPS) is 18.3. The van der Waals surface area contributed by atoms with E-state index in [0.717, 1.165) is 39.0 Å². The van der Waals surface area contributed by atoms with E-state index in [1.165, 1.54) is 5.56 Å². The quantitative estimate of drug-likeness (QED) is 0.872. The molecular formula is C17H25N3O. The molecule has 0 spiro atoms. The lowest BCUT2D eigenvalue weighted by molar-refractivity contribution is 0.0413. The number of likely N-dealkylation sites (tertiary alicyclic amines) is 1. The second-order valence-electron chi connectivity index (χ2n) is 5.69. The van der Waals surface area contributed by atoms with Gasteiger partial charge in [0.15, 0.2) is 0 Å². The molecule has 21 heavy (non-hydrogen) atoms. The fraction of sp³-hybridized carbons (Fsp3) is 0.588. The summed E-state index contributed by atoms with van der Waals surface area (Å²) in [6, 6.07) is 10.3. The Labute approximate surface area is 127 Å². The summed E-state index contributed by atoms with van der Waals surface area (Å²) in [5.41, 5.74) is 1.94. The predicted octanol–water partition coefficient (Wildman–Crippen LogP) is 2.32. The first-order chi connectivity index (χ1) is 10.2. The highest BCUT2D eigenvalue weighted by Crippen LogP contribution is 2.14. The maximum atomic E-state index is 8.81. The summed E-state index contributed by atoms with van der Waals surface area (Å²) in [6.45, 7) is 6.49. The summed E-state index contributed by atoms with van der Waals surface area (Å²) in [5, 5.41) is 12.4. The molecule has 4 heteroatoms. The van der Waals surface area contributed by atoms with Gasteiger partial charge in [-0.25, -0.2) is 0 Å². The van der Waals surface area contributed by atoms with Gasteiger partial charge in [0.2, 0.25) is 0 Å². The molecule has 2 rings (SSSR count). The molecular weight excluding hydrogens is 262 g/mol. The number of nitriles is 1. The van der Waals surface area contributed by atoms with Crippen LogP contribution in [0.2, 0.25) is 0 Å². The van der Waals surface area contributed by atoms with E-state index in [0.29, 0.717) is 17.7 Å². The summed E-state index contributed by atoms with van der Waals surface area (Å²) >= 11 is 0. The second kappa shape index (κ2) is 8.14. The molecule has 1 N–H and O–H groups in total. The molecule has 1 atom stereocenters. The molecule has 0 amide bonds. The fourth-order valence-electron chi connectivity index (χ4n) is 2.77. The highest BCUT2D eigenvalue weighted by molar-refractivity contribution is 5.32. The van der Waals surface area contributed by atoms with Gasteiger partial charge in [-0.05, 0) is 37.5 Å². The van der Waals surface area contributed by atoms with Gasteiger partial charge in [0.1, 0.15) is 0 Å². The van der Waals surface area contributed by atoms with Crippen LogP contribution in [0.25, 0.3) is 0 Å². The monoisotopic (exact) mass is 287 g/mol. The van der Waals surface area contributed by atoms with Crippen LogP contribution in [0.5, 0.6) is 0 Å². The van der Waals surface area contributed by atoms with E-state index in [4.69, 9.17) is 10.00 Å². The van der Waals surface area contributed by atoms with Gasteiger partial charge in [-0.3, -0.25) is 0 Å². The van der Waals surface area contributed by atoms with Crippen molar-refractivity contribution in [1.82, 2.24) is 10.2 Å². The molecule has 1 aromatic carbocycles. The first-order valence-electron chi connectivity index (χ1n) is 7.71. The minimum atomic E-state index is 0.314. The van der Waals surface area contributed by atoms with Crippen molar-refractivity contribution in [1.29, 1.82) is 5.26 Å². The molecule has 0 bridgehead atoms. The minimum absolute atomic E-state index is 0.314. The van der Waals surface area contributed by atoms with Gasteiger partial charge in [0, 0.05) is 39.3 Å². The summed E-state index contributed by atoms with van der Waals surface area (Å²) in [6.07, 6.45) is 2.73. The van der Waals surface area contributed by atoms with Gasteiger partial charge in [0.25, 0.3) is 0 Å². The molecule has 1 aliphatic rings. The van der Waals surface area contributed by atoms with Crippen molar-refractivity contribution in [3.05, 3.63) is 35.4 Å². The average Bonchev–Trinajstić information content (AvgIpc) is 2.55. The summed E-state index contributed by atoms with van der Waals surface area (Å²) in [5.74, 6) is 0. The standard InChI is InChI=1S/C17H25N3O/c1-14(16-5-3-15(13-18)4-6-16)19-9-12-20-10-7-17(21-2)8-11-20/h3-6,14,17,19H,7-12H2,1-2H3/t14-/m0/s1. The largest absolute Gasteiger partial charge is 0.381 e. The van der Waals surface area contributed by atoms with E-state index in [2.05, 4.69) is 23.2 Å². The third kappa shape index (κ3) is 4.82. The molecule has 1 aliphatic heterocycles. The predicted molar refractivity (Wildman–Crippen MR) is 84.0 cm³/mol. The minimum Gasteiger partial charge on any atom is -0.381 e. The van der Waals surface area contributed by atoms with Crippen molar-refractivity contribution < 1.29 is 4.74 Å². The Morgan fingerprint density at radius 3 is 2.57 bits per heavy atom. The van der Waals surface area contributed by atoms with Crippen LogP contribution < -0.4 is 5.32 Å². The van der Waals surface area contributed by atoms with Crippen LogP contribution >= 0.6 is 0 Å². The van der Waals surface area contributed by atoms with E-state index >= 15 is 0 Å². The van der Waals surface area contributed by atoms with Crippen molar-refractivity contribution in [2.24, 2.45) is 0 Å². The maximum absolute atomic E-state index is 8.81. The van der Waals surface area contributed by atoms with Gasteiger partial charge in [-0.2, -0.15) is 5.26 Å². The first-order valence-corrected chi connectivity index (χ1v) is 7.71. The molecule has 1 heterocycles. The first kappa shape index (κ1) is 16.0. The Morgan fingerprint density at radius 2 is 2.00 bits per heavy atom. The topological polar surface area (TPSA) is 48.3 Å². The number of piperidine rings is 1. The molecule has 1 fully saturated rings. The molecule has 1 saturated heterocycles. The van der Waals surface area contributed by atoms with Gasteiger partial charge in [0.05, 0.1) is 17.7 Å². The van der Waals surface area contributed by atoms with Crippen LogP contribution in [0.3, 0.4) is 0 Å². The van der Waals surface area contributed by atoms with Gasteiger partial charge in [-0.1, -0.05) is 12.1 Å². The van der Waals surface area contributed by atoms with Crippen LogP contribution in [0.15, 0.2) is 24.3 Å². The number of ether oxygens (including phenoxy) is 1. The van der Waals surface area contributed by atoms with Crippen molar-refractivity contribution in [3.63, 3.8) is 0 Å². The van der Waals surface area contributed by atoms with Crippen LogP contribution in [0.1, 0.15) is 36.9 Å². The highest BCUT2D eigenvalue weighted by Gasteiger charge is 2.18. The molecule has 4 nitrogen and oxygen atoms in total. The Bertz CT molecular complexity index is 458.